The van der Waals surface area contributed by atoms with Gasteiger partial charge < -0.3 is 10.3 Å². The third-order valence-corrected chi connectivity index (χ3v) is 5.11. The minimum Gasteiger partial charge on any atom is -0.324 e. The van der Waals surface area contributed by atoms with Crippen LogP contribution in [0.3, 0.4) is 0 Å². The number of fused-ring (bicyclic) bond motifs is 3. The minimum absolute atomic E-state index is 0.478. The van der Waals surface area contributed by atoms with Crippen LogP contribution in [0.25, 0.3) is 0 Å². The monoisotopic (exact) mass is 282 g/mol. The molecular formula is C17H22N4. The summed E-state index contributed by atoms with van der Waals surface area (Å²) in [6, 6.07) is 8.90. The first-order chi connectivity index (χ1) is 10.3. The average molecular weight is 282 g/mol. The van der Waals surface area contributed by atoms with Gasteiger partial charge in [-0.15, -0.1) is 10.2 Å². The molecule has 1 saturated carbocycles. The van der Waals surface area contributed by atoms with Crippen LogP contribution in [-0.2, 0) is 19.5 Å². The summed E-state index contributed by atoms with van der Waals surface area (Å²) >= 11 is 0. The molecule has 21 heavy (non-hydrogen) atoms. The molecule has 4 heteroatoms. The maximum atomic E-state index is 5.81. The van der Waals surface area contributed by atoms with Crippen molar-refractivity contribution < 1.29 is 0 Å². The molecule has 2 aliphatic rings. The first-order valence-electron chi connectivity index (χ1n) is 8.05. The highest BCUT2D eigenvalue weighted by Crippen LogP contribution is 2.64. The Labute approximate surface area is 125 Å². The molecule has 1 heterocycles. The lowest BCUT2D eigenvalue weighted by molar-refractivity contribution is 0.593. The van der Waals surface area contributed by atoms with E-state index < -0.39 is 0 Å². The van der Waals surface area contributed by atoms with Crippen molar-refractivity contribution in [2.24, 2.45) is 11.7 Å². The smallest absolute Gasteiger partial charge is 0.146 e. The summed E-state index contributed by atoms with van der Waals surface area (Å²) in [5, 5.41) is 8.81. The topological polar surface area (TPSA) is 56.7 Å². The van der Waals surface area contributed by atoms with Gasteiger partial charge in [-0.2, -0.15) is 0 Å². The minimum atomic E-state index is 0.478. The summed E-state index contributed by atoms with van der Waals surface area (Å²) in [4.78, 5) is 0. The van der Waals surface area contributed by atoms with Crippen molar-refractivity contribution in [1.82, 2.24) is 14.8 Å². The Morgan fingerprint density at radius 2 is 2.10 bits per heavy atom. The average Bonchev–Trinajstić information content (AvgIpc) is 3.13. The lowest BCUT2D eigenvalue weighted by Crippen LogP contribution is -2.11. The fourth-order valence-electron chi connectivity index (χ4n) is 4.13. The first kappa shape index (κ1) is 13.0. The number of benzene rings is 1. The molecule has 1 aromatic carbocycles. The molecule has 0 radical (unpaired) electrons. The van der Waals surface area contributed by atoms with Gasteiger partial charge in [0, 0.05) is 12.5 Å². The Balaban J connectivity index is 1.70. The highest BCUT2D eigenvalue weighted by molar-refractivity contribution is 5.43. The summed E-state index contributed by atoms with van der Waals surface area (Å²) in [6.45, 7) is 3.65. The number of hydrogen-bond donors (Lipinski definition) is 1. The van der Waals surface area contributed by atoms with Crippen molar-refractivity contribution >= 4 is 0 Å². The Hall–Kier alpha value is -1.68. The van der Waals surface area contributed by atoms with E-state index in [9.17, 15) is 0 Å². The SMILES string of the molecule is CCCn1c(CN)nnc1C1C2CCc3ccccc3C21. The molecule has 2 N–H and O–H groups in total. The van der Waals surface area contributed by atoms with Gasteiger partial charge in [-0.05, 0) is 42.2 Å². The first-order valence-corrected chi connectivity index (χ1v) is 8.05. The van der Waals surface area contributed by atoms with Crippen LogP contribution in [0.1, 0.15) is 54.4 Å². The summed E-state index contributed by atoms with van der Waals surface area (Å²) in [5.74, 6) is 4.06. The van der Waals surface area contributed by atoms with Gasteiger partial charge in [-0.1, -0.05) is 31.2 Å². The number of aryl methyl sites for hydroxylation is 1. The van der Waals surface area contributed by atoms with Crippen LogP contribution in [0, 0.1) is 5.92 Å². The van der Waals surface area contributed by atoms with Crippen LogP contribution < -0.4 is 5.73 Å². The van der Waals surface area contributed by atoms with E-state index >= 15 is 0 Å². The van der Waals surface area contributed by atoms with Crippen molar-refractivity contribution in [2.45, 2.75) is 51.1 Å². The van der Waals surface area contributed by atoms with Gasteiger partial charge in [0.05, 0.1) is 6.54 Å². The van der Waals surface area contributed by atoms with Crippen LogP contribution in [0.15, 0.2) is 24.3 Å². The van der Waals surface area contributed by atoms with E-state index in [1.54, 1.807) is 5.56 Å². The predicted molar refractivity (Wildman–Crippen MR) is 81.9 cm³/mol. The molecule has 0 amide bonds. The molecule has 3 atom stereocenters. The molecule has 0 spiro atoms. The number of hydrogen-bond acceptors (Lipinski definition) is 3. The van der Waals surface area contributed by atoms with Crippen LogP contribution >= 0.6 is 0 Å². The van der Waals surface area contributed by atoms with Gasteiger partial charge in [0.2, 0.25) is 0 Å². The number of aromatic nitrogens is 3. The van der Waals surface area contributed by atoms with Gasteiger partial charge in [-0.3, -0.25) is 0 Å². The van der Waals surface area contributed by atoms with E-state index in [0.29, 0.717) is 18.4 Å². The normalized spacial score (nSPS) is 26.3. The molecule has 1 fully saturated rings. The molecule has 4 rings (SSSR count). The maximum Gasteiger partial charge on any atom is 0.146 e. The van der Waals surface area contributed by atoms with E-state index in [4.69, 9.17) is 5.73 Å². The molecule has 110 valence electrons. The van der Waals surface area contributed by atoms with E-state index in [1.807, 2.05) is 0 Å². The fraction of sp³-hybridized carbons (Fsp3) is 0.529. The fourth-order valence-corrected chi connectivity index (χ4v) is 4.13. The van der Waals surface area contributed by atoms with Crippen molar-refractivity contribution in [3.63, 3.8) is 0 Å². The van der Waals surface area contributed by atoms with Crippen LogP contribution in [0.2, 0.25) is 0 Å². The second-order valence-corrected chi connectivity index (χ2v) is 6.28. The summed E-state index contributed by atoms with van der Waals surface area (Å²) < 4.78 is 2.27. The van der Waals surface area contributed by atoms with Crippen LogP contribution in [0.4, 0.5) is 0 Å². The van der Waals surface area contributed by atoms with E-state index in [-0.39, 0.29) is 0 Å². The molecule has 0 bridgehead atoms. The number of nitrogens with two attached hydrogens (primary N) is 1. The van der Waals surface area contributed by atoms with Gasteiger partial charge >= 0.3 is 0 Å². The van der Waals surface area contributed by atoms with Crippen molar-refractivity contribution in [3.05, 3.63) is 47.0 Å². The van der Waals surface area contributed by atoms with Gasteiger partial charge in [-0.25, -0.2) is 0 Å². The van der Waals surface area contributed by atoms with Crippen molar-refractivity contribution in [3.8, 4) is 0 Å². The quantitative estimate of drug-likeness (QED) is 0.937. The van der Waals surface area contributed by atoms with E-state index in [2.05, 4.69) is 46.0 Å². The summed E-state index contributed by atoms with van der Waals surface area (Å²) in [6.07, 6.45) is 3.58. The van der Waals surface area contributed by atoms with Gasteiger partial charge in [0.1, 0.15) is 11.6 Å². The molecule has 3 unspecified atom stereocenters. The standard InChI is InChI=1S/C17H22N4/c1-2-9-21-14(10-18)19-20-17(21)16-13-8-7-11-5-3-4-6-12(11)15(13)16/h3-6,13,15-16H,2,7-10,18H2,1H3. The molecular weight excluding hydrogens is 260 g/mol. The maximum absolute atomic E-state index is 5.81. The second-order valence-electron chi connectivity index (χ2n) is 6.28. The molecule has 0 saturated heterocycles. The van der Waals surface area contributed by atoms with Crippen LogP contribution in [-0.4, -0.2) is 14.8 Å². The Kier molecular flexibility index (Phi) is 3.07. The Bertz CT molecular complexity index is 661. The Morgan fingerprint density at radius 1 is 1.24 bits per heavy atom. The predicted octanol–water partition coefficient (Wildman–Crippen LogP) is 2.59. The molecule has 2 aliphatic carbocycles. The zero-order valence-corrected chi connectivity index (χ0v) is 12.5. The largest absolute Gasteiger partial charge is 0.324 e. The summed E-state index contributed by atoms with van der Waals surface area (Å²) in [7, 11) is 0. The molecule has 2 aromatic rings. The second kappa shape index (κ2) is 4.95. The lowest BCUT2D eigenvalue weighted by atomic mass is 9.92. The summed E-state index contributed by atoms with van der Waals surface area (Å²) in [5.41, 5.74) is 8.89. The van der Waals surface area contributed by atoms with Crippen molar-refractivity contribution in [1.29, 1.82) is 0 Å². The highest BCUT2D eigenvalue weighted by atomic mass is 15.3. The zero-order chi connectivity index (χ0) is 14.4. The lowest BCUT2D eigenvalue weighted by Gasteiger charge is -2.13. The Morgan fingerprint density at radius 3 is 2.90 bits per heavy atom. The number of nitrogens with zero attached hydrogens (tertiary/aromatic N) is 3. The van der Waals surface area contributed by atoms with E-state index in [0.717, 1.165) is 24.7 Å². The van der Waals surface area contributed by atoms with Gasteiger partial charge in [0.25, 0.3) is 0 Å². The van der Waals surface area contributed by atoms with E-state index in [1.165, 1.54) is 24.2 Å². The third kappa shape index (κ3) is 1.93. The zero-order valence-electron chi connectivity index (χ0n) is 12.5. The van der Waals surface area contributed by atoms with Crippen molar-refractivity contribution in [2.75, 3.05) is 0 Å². The third-order valence-electron chi connectivity index (χ3n) is 5.11. The molecule has 4 nitrogen and oxygen atoms in total. The van der Waals surface area contributed by atoms with Gasteiger partial charge in [0.15, 0.2) is 0 Å². The number of rotatable bonds is 4. The van der Waals surface area contributed by atoms with Crippen LogP contribution in [0.5, 0.6) is 0 Å². The molecule has 1 aromatic heterocycles. The molecule has 0 aliphatic heterocycles. The highest BCUT2D eigenvalue weighted by Gasteiger charge is 2.56.